The highest BCUT2D eigenvalue weighted by Crippen LogP contribution is 2.36. The standard InChI is InChI=1S/C19H22N2OS/c22-19(21-12-6-10-14-7-4-5-11-17(14)21)16-13-23-18(20-16)15-8-2-1-3-9-15/h1-3,8-9,13-14,17H,4-7,10-12H2/t14-,17-/m0/s1. The van der Waals surface area contributed by atoms with Gasteiger partial charge >= 0.3 is 0 Å². The van der Waals surface area contributed by atoms with Gasteiger partial charge in [0.25, 0.3) is 5.91 Å². The van der Waals surface area contributed by atoms with Crippen LogP contribution in [0.5, 0.6) is 0 Å². The van der Waals surface area contributed by atoms with E-state index in [0.29, 0.717) is 17.7 Å². The Kier molecular flexibility index (Phi) is 4.17. The van der Waals surface area contributed by atoms with Crippen LogP contribution in [0.15, 0.2) is 35.7 Å². The lowest BCUT2D eigenvalue weighted by atomic mass is 9.78. The molecule has 1 aliphatic heterocycles. The maximum atomic E-state index is 13.0. The van der Waals surface area contributed by atoms with Gasteiger partial charge in [0.1, 0.15) is 10.7 Å². The Morgan fingerprint density at radius 2 is 1.87 bits per heavy atom. The van der Waals surface area contributed by atoms with Crippen molar-refractivity contribution in [3.8, 4) is 10.6 Å². The molecule has 0 radical (unpaired) electrons. The maximum Gasteiger partial charge on any atom is 0.273 e. The van der Waals surface area contributed by atoms with Gasteiger partial charge in [0, 0.05) is 23.5 Å². The second-order valence-electron chi connectivity index (χ2n) is 6.66. The van der Waals surface area contributed by atoms with Crippen LogP contribution >= 0.6 is 11.3 Å². The summed E-state index contributed by atoms with van der Waals surface area (Å²) in [5.41, 5.74) is 1.71. The minimum absolute atomic E-state index is 0.139. The summed E-state index contributed by atoms with van der Waals surface area (Å²) >= 11 is 1.57. The first-order valence-electron chi connectivity index (χ1n) is 8.65. The Morgan fingerprint density at radius 1 is 1.09 bits per heavy atom. The lowest BCUT2D eigenvalue weighted by molar-refractivity contribution is 0.0386. The highest BCUT2D eigenvalue weighted by molar-refractivity contribution is 7.13. The van der Waals surface area contributed by atoms with Crippen molar-refractivity contribution in [1.82, 2.24) is 9.88 Å². The first-order valence-corrected chi connectivity index (χ1v) is 9.53. The van der Waals surface area contributed by atoms with E-state index < -0.39 is 0 Å². The largest absolute Gasteiger partial charge is 0.334 e. The van der Waals surface area contributed by atoms with E-state index in [4.69, 9.17) is 0 Å². The molecule has 2 atom stereocenters. The predicted octanol–water partition coefficient (Wildman–Crippen LogP) is 4.60. The zero-order valence-electron chi connectivity index (χ0n) is 13.3. The number of rotatable bonds is 2. The molecule has 1 aromatic carbocycles. The summed E-state index contributed by atoms with van der Waals surface area (Å²) < 4.78 is 0. The number of thiazole rings is 1. The first kappa shape index (κ1) is 14.9. The van der Waals surface area contributed by atoms with E-state index in [9.17, 15) is 4.79 Å². The number of nitrogens with zero attached hydrogens (tertiary/aromatic N) is 2. The fourth-order valence-corrected chi connectivity index (χ4v) is 4.91. The zero-order chi connectivity index (χ0) is 15.6. The SMILES string of the molecule is O=C(c1csc(-c2ccccc2)n1)N1CCC[C@@H]2CCCC[C@@H]21. The van der Waals surface area contributed by atoms with Crippen molar-refractivity contribution < 1.29 is 4.79 Å². The van der Waals surface area contributed by atoms with Gasteiger partial charge in [-0.3, -0.25) is 4.79 Å². The maximum absolute atomic E-state index is 13.0. The third-order valence-electron chi connectivity index (χ3n) is 5.25. The molecule has 1 aromatic heterocycles. The van der Waals surface area contributed by atoms with Gasteiger partial charge in [-0.2, -0.15) is 0 Å². The Balaban J connectivity index is 1.56. The number of hydrogen-bond donors (Lipinski definition) is 0. The van der Waals surface area contributed by atoms with Crippen LogP contribution in [0.2, 0.25) is 0 Å². The molecule has 0 bridgehead atoms. The van der Waals surface area contributed by atoms with E-state index in [1.807, 2.05) is 35.7 Å². The zero-order valence-corrected chi connectivity index (χ0v) is 14.1. The summed E-state index contributed by atoms with van der Waals surface area (Å²) in [6.07, 6.45) is 7.49. The number of carbonyl (C=O) groups excluding carboxylic acids is 1. The summed E-state index contributed by atoms with van der Waals surface area (Å²) in [7, 11) is 0. The molecule has 2 aromatic rings. The molecule has 1 aliphatic carbocycles. The Labute approximate surface area is 141 Å². The summed E-state index contributed by atoms with van der Waals surface area (Å²) in [4.78, 5) is 19.7. The van der Waals surface area contributed by atoms with Crippen LogP contribution in [-0.4, -0.2) is 28.4 Å². The minimum atomic E-state index is 0.139. The number of aromatic nitrogens is 1. The fourth-order valence-electron chi connectivity index (χ4n) is 4.11. The normalized spacial score (nSPS) is 24.3. The van der Waals surface area contributed by atoms with E-state index in [1.165, 1.54) is 32.1 Å². The lowest BCUT2D eigenvalue weighted by Crippen LogP contribution is -2.49. The summed E-state index contributed by atoms with van der Waals surface area (Å²) in [6.45, 7) is 0.901. The molecule has 0 unspecified atom stereocenters. The van der Waals surface area contributed by atoms with E-state index in [0.717, 1.165) is 23.5 Å². The number of hydrogen-bond acceptors (Lipinski definition) is 3. The van der Waals surface area contributed by atoms with Crippen LogP contribution < -0.4 is 0 Å². The lowest BCUT2D eigenvalue weighted by Gasteiger charge is -2.43. The molecule has 4 rings (SSSR count). The number of benzene rings is 1. The molecular weight excluding hydrogens is 304 g/mol. The van der Waals surface area contributed by atoms with Gasteiger partial charge in [0.2, 0.25) is 0 Å². The molecule has 120 valence electrons. The van der Waals surface area contributed by atoms with Crippen molar-refractivity contribution in [3.05, 3.63) is 41.4 Å². The molecule has 0 N–H and O–H groups in total. The Hall–Kier alpha value is -1.68. The molecule has 0 spiro atoms. The van der Waals surface area contributed by atoms with E-state index in [1.54, 1.807) is 11.3 Å². The quantitative estimate of drug-likeness (QED) is 0.808. The molecule has 2 heterocycles. The average molecular weight is 326 g/mol. The van der Waals surface area contributed by atoms with Crippen LogP contribution in [0.25, 0.3) is 10.6 Å². The molecule has 4 heteroatoms. The molecular formula is C19H22N2OS. The van der Waals surface area contributed by atoms with Gasteiger partial charge in [-0.1, -0.05) is 43.2 Å². The van der Waals surface area contributed by atoms with Crippen molar-refractivity contribution in [2.24, 2.45) is 5.92 Å². The number of carbonyl (C=O) groups is 1. The van der Waals surface area contributed by atoms with Crippen molar-refractivity contribution in [2.75, 3.05) is 6.54 Å². The smallest absolute Gasteiger partial charge is 0.273 e. The summed E-state index contributed by atoms with van der Waals surface area (Å²) in [6, 6.07) is 10.6. The highest BCUT2D eigenvalue weighted by Gasteiger charge is 2.36. The molecule has 23 heavy (non-hydrogen) atoms. The molecule has 3 nitrogen and oxygen atoms in total. The third-order valence-corrected chi connectivity index (χ3v) is 6.14. The molecule has 1 saturated carbocycles. The fraction of sp³-hybridized carbons (Fsp3) is 0.474. The van der Waals surface area contributed by atoms with Crippen LogP contribution in [0, 0.1) is 5.92 Å². The van der Waals surface area contributed by atoms with Gasteiger partial charge in [-0.05, 0) is 31.6 Å². The van der Waals surface area contributed by atoms with Crippen molar-refractivity contribution in [3.63, 3.8) is 0 Å². The highest BCUT2D eigenvalue weighted by atomic mass is 32.1. The number of fused-ring (bicyclic) bond motifs is 1. The number of piperidine rings is 1. The minimum Gasteiger partial charge on any atom is -0.334 e. The van der Waals surface area contributed by atoms with E-state index in [-0.39, 0.29) is 5.91 Å². The topological polar surface area (TPSA) is 33.2 Å². The van der Waals surface area contributed by atoms with Crippen LogP contribution in [0.3, 0.4) is 0 Å². The molecule has 2 fully saturated rings. The van der Waals surface area contributed by atoms with Crippen molar-refractivity contribution in [2.45, 2.75) is 44.6 Å². The molecule has 1 saturated heterocycles. The first-order chi connectivity index (χ1) is 11.3. The second-order valence-corrected chi connectivity index (χ2v) is 7.51. The second kappa shape index (κ2) is 6.44. The van der Waals surface area contributed by atoms with Gasteiger partial charge in [-0.15, -0.1) is 11.3 Å². The van der Waals surface area contributed by atoms with Crippen LogP contribution in [0.1, 0.15) is 49.0 Å². The van der Waals surface area contributed by atoms with Gasteiger partial charge in [0.05, 0.1) is 0 Å². The Bertz CT molecular complexity index is 680. The third kappa shape index (κ3) is 2.92. The van der Waals surface area contributed by atoms with Crippen molar-refractivity contribution >= 4 is 17.2 Å². The predicted molar refractivity (Wildman–Crippen MR) is 93.6 cm³/mol. The summed E-state index contributed by atoms with van der Waals surface area (Å²) in [5, 5.41) is 2.86. The van der Waals surface area contributed by atoms with Gasteiger partial charge < -0.3 is 4.90 Å². The van der Waals surface area contributed by atoms with E-state index >= 15 is 0 Å². The number of likely N-dealkylation sites (tertiary alicyclic amines) is 1. The van der Waals surface area contributed by atoms with Gasteiger partial charge in [-0.25, -0.2) is 4.98 Å². The average Bonchev–Trinajstić information content (AvgIpc) is 3.11. The van der Waals surface area contributed by atoms with Gasteiger partial charge in [0.15, 0.2) is 0 Å². The Morgan fingerprint density at radius 3 is 2.74 bits per heavy atom. The van der Waals surface area contributed by atoms with Crippen LogP contribution in [0.4, 0.5) is 0 Å². The van der Waals surface area contributed by atoms with Crippen LogP contribution in [-0.2, 0) is 0 Å². The van der Waals surface area contributed by atoms with E-state index in [2.05, 4.69) is 9.88 Å². The summed E-state index contributed by atoms with van der Waals surface area (Å²) in [5.74, 6) is 0.855. The number of amides is 1. The van der Waals surface area contributed by atoms with Crippen molar-refractivity contribution in [1.29, 1.82) is 0 Å². The molecule has 1 amide bonds. The molecule has 2 aliphatic rings. The monoisotopic (exact) mass is 326 g/mol.